The molecule has 0 unspecified atom stereocenters. The smallest absolute Gasteiger partial charge is 0.405 e. The van der Waals surface area contributed by atoms with E-state index in [9.17, 15) is 18.0 Å². The first-order chi connectivity index (χ1) is 17.8. The van der Waals surface area contributed by atoms with Crippen LogP contribution in [0.25, 0.3) is 27.9 Å². The van der Waals surface area contributed by atoms with E-state index >= 15 is 0 Å². The highest BCUT2D eigenvalue weighted by molar-refractivity contribution is 5.90. The van der Waals surface area contributed by atoms with Crippen LogP contribution in [0, 0.1) is 0 Å². The minimum atomic E-state index is -4.48. The number of nitrogens with one attached hydrogen (secondary N) is 3. The highest BCUT2D eigenvalue weighted by Crippen LogP contribution is 2.29. The van der Waals surface area contributed by atoms with E-state index < -0.39 is 18.8 Å². The van der Waals surface area contributed by atoms with Gasteiger partial charge in [0.25, 0.3) is 0 Å². The van der Waals surface area contributed by atoms with Gasteiger partial charge in [-0.15, -0.1) is 12.4 Å². The number of ether oxygens (including phenoxy) is 1. The molecule has 0 aliphatic carbocycles. The highest BCUT2D eigenvalue weighted by Gasteiger charge is 2.27. The van der Waals surface area contributed by atoms with Gasteiger partial charge in [0, 0.05) is 29.2 Å². The van der Waals surface area contributed by atoms with Crippen LogP contribution in [0.3, 0.4) is 0 Å². The van der Waals surface area contributed by atoms with Gasteiger partial charge in [0.2, 0.25) is 0 Å². The van der Waals surface area contributed by atoms with Crippen LogP contribution in [0.5, 0.6) is 5.75 Å². The minimum absolute atomic E-state index is 0. The molecular weight excluding hydrogens is 521 g/mol. The van der Waals surface area contributed by atoms with Gasteiger partial charge < -0.3 is 20.7 Å². The molecule has 0 radical (unpaired) electrons. The predicted octanol–water partition coefficient (Wildman–Crippen LogP) is 5.30. The minimum Gasteiger partial charge on any atom is -0.490 e. The fourth-order valence-corrected chi connectivity index (χ4v) is 4.20. The second-order valence-electron chi connectivity index (χ2n) is 8.77. The predicted molar refractivity (Wildman–Crippen MR) is 141 cm³/mol. The molecule has 0 atom stereocenters. The van der Waals surface area contributed by atoms with E-state index in [4.69, 9.17) is 4.74 Å². The number of benzene rings is 2. The largest absolute Gasteiger partial charge is 0.490 e. The van der Waals surface area contributed by atoms with E-state index in [1.54, 1.807) is 40.4 Å². The molecule has 2 aromatic heterocycles. The molecule has 1 fully saturated rings. The van der Waals surface area contributed by atoms with Gasteiger partial charge in [0.05, 0.1) is 6.20 Å². The molecule has 5 rings (SSSR count). The zero-order chi connectivity index (χ0) is 25.8. The quantitative estimate of drug-likeness (QED) is 0.305. The second-order valence-corrected chi connectivity index (χ2v) is 8.77. The van der Waals surface area contributed by atoms with Crippen molar-refractivity contribution in [1.82, 2.24) is 25.2 Å². The summed E-state index contributed by atoms with van der Waals surface area (Å²) in [4.78, 5) is 16.4. The average Bonchev–Trinajstić information content (AvgIpc) is 3.31. The molecule has 38 heavy (non-hydrogen) atoms. The van der Waals surface area contributed by atoms with Crippen LogP contribution in [0.15, 0.2) is 67.1 Å². The van der Waals surface area contributed by atoms with Gasteiger partial charge in [-0.05, 0) is 61.3 Å². The van der Waals surface area contributed by atoms with E-state index in [1.807, 2.05) is 36.5 Å². The van der Waals surface area contributed by atoms with Gasteiger partial charge in [-0.1, -0.05) is 24.3 Å². The Morgan fingerprint density at radius 3 is 2.61 bits per heavy atom. The third-order valence-electron chi connectivity index (χ3n) is 5.99. The molecule has 1 aliphatic heterocycles. The first-order valence-electron chi connectivity index (χ1n) is 11.9. The van der Waals surface area contributed by atoms with Crippen molar-refractivity contribution in [3.05, 3.63) is 67.1 Å². The lowest BCUT2D eigenvalue weighted by molar-refractivity contribution is -0.122. The van der Waals surface area contributed by atoms with Crippen molar-refractivity contribution in [3.8, 4) is 28.0 Å². The van der Waals surface area contributed by atoms with Crippen LogP contribution in [-0.2, 0) is 0 Å². The lowest BCUT2D eigenvalue weighted by atomic mass is 10.1. The molecule has 4 aromatic rings. The number of piperidine rings is 1. The van der Waals surface area contributed by atoms with Gasteiger partial charge in [-0.3, -0.25) is 0 Å². The molecule has 3 heterocycles. The zero-order valence-corrected chi connectivity index (χ0v) is 21.0. The summed E-state index contributed by atoms with van der Waals surface area (Å²) in [6.07, 6.45) is 2.96. The van der Waals surface area contributed by atoms with Crippen LogP contribution in [0.2, 0.25) is 0 Å². The molecule has 200 valence electrons. The van der Waals surface area contributed by atoms with Crippen molar-refractivity contribution in [1.29, 1.82) is 0 Å². The van der Waals surface area contributed by atoms with E-state index in [2.05, 4.69) is 20.7 Å². The van der Waals surface area contributed by atoms with Gasteiger partial charge in [-0.2, -0.15) is 18.3 Å². The van der Waals surface area contributed by atoms with E-state index in [0.29, 0.717) is 22.5 Å². The lowest BCUT2D eigenvalue weighted by Gasteiger charge is -2.24. The Hall–Kier alpha value is -3.83. The first-order valence-corrected chi connectivity index (χ1v) is 11.9. The van der Waals surface area contributed by atoms with Gasteiger partial charge in [-0.25, -0.2) is 14.3 Å². The Morgan fingerprint density at radius 2 is 1.82 bits per heavy atom. The molecule has 1 saturated heterocycles. The van der Waals surface area contributed by atoms with Gasteiger partial charge in [0.1, 0.15) is 18.4 Å². The van der Waals surface area contributed by atoms with Gasteiger partial charge >= 0.3 is 12.2 Å². The van der Waals surface area contributed by atoms with Crippen molar-refractivity contribution in [3.63, 3.8) is 0 Å². The number of anilines is 1. The Kier molecular flexibility index (Phi) is 8.38. The number of hydrogen-bond acceptors (Lipinski definition) is 5. The summed E-state index contributed by atoms with van der Waals surface area (Å²) < 4.78 is 44.8. The number of rotatable bonds is 6. The van der Waals surface area contributed by atoms with Crippen molar-refractivity contribution >= 4 is 29.8 Å². The summed E-state index contributed by atoms with van der Waals surface area (Å²) in [7, 11) is 0. The fraction of sp³-hybridized carbons (Fsp3) is 0.269. The summed E-state index contributed by atoms with van der Waals surface area (Å²) in [5, 5.41) is 12.0. The third-order valence-corrected chi connectivity index (χ3v) is 5.99. The van der Waals surface area contributed by atoms with Crippen LogP contribution in [-0.4, -0.2) is 52.5 Å². The molecule has 3 N–H and O–H groups in total. The number of urea groups is 1. The maximum absolute atomic E-state index is 12.3. The molecule has 0 saturated carbocycles. The molecule has 0 bridgehead atoms. The van der Waals surface area contributed by atoms with E-state index in [1.165, 1.54) is 0 Å². The highest BCUT2D eigenvalue weighted by atomic mass is 35.5. The van der Waals surface area contributed by atoms with Crippen molar-refractivity contribution < 1.29 is 22.7 Å². The molecular formula is C26H26ClF3N6O2. The lowest BCUT2D eigenvalue weighted by Crippen LogP contribution is -2.36. The number of halogens is 4. The first kappa shape index (κ1) is 27.2. The summed E-state index contributed by atoms with van der Waals surface area (Å²) in [6.45, 7) is 0.500. The topological polar surface area (TPSA) is 92.6 Å². The number of alkyl halides is 3. The molecule has 2 aromatic carbocycles. The number of fused-ring (bicyclic) bond motifs is 1. The van der Waals surface area contributed by atoms with E-state index in [0.717, 1.165) is 42.8 Å². The Labute approximate surface area is 223 Å². The van der Waals surface area contributed by atoms with Crippen molar-refractivity contribution in [2.45, 2.75) is 25.1 Å². The second kappa shape index (κ2) is 11.7. The molecule has 0 spiro atoms. The molecule has 2 amide bonds. The average molecular weight is 547 g/mol. The SMILES string of the molecule is Cl.O=C(NCC(F)(F)F)Nc1cccc(-c2cnn3cc(-c4cccc(OC5CCNCC5)c4)cnc23)c1. The number of carbonyl (C=O) groups is 1. The zero-order valence-electron chi connectivity index (χ0n) is 20.2. The molecule has 12 heteroatoms. The molecule has 1 aliphatic rings. The normalized spacial score (nSPS) is 14.1. The summed E-state index contributed by atoms with van der Waals surface area (Å²) in [6, 6.07) is 13.7. The van der Waals surface area contributed by atoms with E-state index in [-0.39, 0.29) is 18.5 Å². The Bertz CT molecular complexity index is 1410. The van der Waals surface area contributed by atoms with Crippen LogP contribution >= 0.6 is 12.4 Å². The standard InChI is InChI=1S/C26H25F3N6O2.ClH/c27-26(28,29)16-32-25(36)34-20-5-1-4-18(11-20)23-14-33-35-15-19(13-31-24(23)35)17-3-2-6-22(12-17)37-21-7-9-30-10-8-21;/h1-6,11-15,21,30H,7-10,16H2,(H2,32,34,36);1H. The van der Waals surface area contributed by atoms with Crippen LogP contribution < -0.4 is 20.7 Å². The summed E-state index contributed by atoms with van der Waals surface area (Å²) >= 11 is 0. The van der Waals surface area contributed by atoms with Crippen LogP contribution in [0.4, 0.5) is 23.7 Å². The third kappa shape index (κ3) is 6.73. The van der Waals surface area contributed by atoms with Crippen molar-refractivity contribution in [2.75, 3.05) is 25.0 Å². The number of hydrogen-bond donors (Lipinski definition) is 3. The Morgan fingerprint density at radius 1 is 1.05 bits per heavy atom. The maximum Gasteiger partial charge on any atom is 0.405 e. The Balaban J connectivity index is 0.00000336. The number of carbonyl (C=O) groups excluding carboxylic acids is 1. The number of nitrogens with zero attached hydrogens (tertiary/aromatic N) is 3. The summed E-state index contributed by atoms with van der Waals surface area (Å²) in [5.41, 5.74) is 4.20. The molecule has 8 nitrogen and oxygen atoms in total. The summed E-state index contributed by atoms with van der Waals surface area (Å²) in [5.74, 6) is 0.814. The van der Waals surface area contributed by atoms with Crippen molar-refractivity contribution in [2.24, 2.45) is 0 Å². The number of amides is 2. The number of aromatic nitrogens is 3. The maximum atomic E-state index is 12.3. The van der Waals surface area contributed by atoms with Crippen LogP contribution in [0.1, 0.15) is 12.8 Å². The monoisotopic (exact) mass is 546 g/mol. The fourth-order valence-electron chi connectivity index (χ4n) is 4.20. The van der Waals surface area contributed by atoms with Gasteiger partial charge in [0.15, 0.2) is 5.65 Å².